The molecule has 15 heavy (non-hydrogen) atoms. The average molecular weight is 244 g/mol. The van der Waals surface area contributed by atoms with Crippen LogP contribution in [0.4, 0.5) is 15.3 Å². The molecule has 0 spiro atoms. The van der Waals surface area contributed by atoms with E-state index in [1.54, 1.807) is 0 Å². The normalized spacial score (nSPS) is 15.2. The largest absolute Gasteiger partial charge is 0.375 e. The lowest BCUT2D eigenvalue weighted by Gasteiger charge is -2.10. The number of benzene rings is 1. The lowest BCUT2D eigenvalue weighted by atomic mass is 10.3. The van der Waals surface area contributed by atoms with Gasteiger partial charge in [0.2, 0.25) is 0 Å². The number of azo groups is 1. The Bertz CT molecular complexity index is 469. The van der Waals surface area contributed by atoms with Crippen LogP contribution in [0.3, 0.4) is 0 Å². The van der Waals surface area contributed by atoms with E-state index in [-0.39, 0.29) is 5.02 Å². The summed E-state index contributed by atoms with van der Waals surface area (Å²) >= 11 is 11.4. The van der Waals surface area contributed by atoms with Crippen molar-refractivity contribution in [1.82, 2.24) is 0 Å². The molecule has 1 aromatic rings. The summed E-state index contributed by atoms with van der Waals surface area (Å²) in [5, 5.41) is 6.82. The van der Waals surface area contributed by atoms with Crippen molar-refractivity contribution in [2.45, 2.75) is 0 Å². The van der Waals surface area contributed by atoms with Crippen LogP contribution in [0, 0.1) is 0 Å². The number of imide groups is 1. The van der Waals surface area contributed by atoms with Gasteiger partial charge in [-0.15, -0.1) is 0 Å². The Morgan fingerprint density at radius 2 is 1.60 bits per heavy atom. The highest BCUT2D eigenvalue weighted by molar-refractivity contribution is 6.42. The zero-order valence-electron chi connectivity index (χ0n) is 7.15. The van der Waals surface area contributed by atoms with Gasteiger partial charge in [0.15, 0.2) is 0 Å². The summed E-state index contributed by atoms with van der Waals surface area (Å²) < 4.78 is 0. The Hall–Kier alpha value is -1.46. The lowest BCUT2D eigenvalue weighted by molar-refractivity contribution is 0.249. The first-order chi connectivity index (χ1) is 7.09. The quantitative estimate of drug-likeness (QED) is 0.758. The molecular formula is C8H3Cl2N3O2. The van der Waals surface area contributed by atoms with Gasteiger partial charge in [-0.05, 0) is 18.2 Å². The molecule has 0 N–H and O–H groups in total. The van der Waals surface area contributed by atoms with Gasteiger partial charge < -0.3 is 0 Å². The smallest absolute Gasteiger partial charge is 0.243 e. The minimum absolute atomic E-state index is 0.252. The molecule has 0 unspecified atom stereocenters. The van der Waals surface area contributed by atoms with Gasteiger partial charge in [0.1, 0.15) is 0 Å². The Kier molecular flexibility index (Phi) is 2.42. The molecule has 0 atom stereocenters. The van der Waals surface area contributed by atoms with E-state index >= 15 is 0 Å². The van der Waals surface area contributed by atoms with Gasteiger partial charge in [-0.3, -0.25) is 0 Å². The molecule has 2 rings (SSSR count). The number of hydrogen-bond donors (Lipinski definition) is 0. The zero-order chi connectivity index (χ0) is 11.0. The van der Waals surface area contributed by atoms with Crippen LogP contribution in [0.5, 0.6) is 0 Å². The number of carbonyl (C=O) groups excluding carboxylic acids is 2. The molecule has 0 bridgehead atoms. The Morgan fingerprint density at radius 1 is 1.00 bits per heavy atom. The molecule has 0 aromatic heterocycles. The van der Waals surface area contributed by atoms with Crippen LogP contribution in [-0.4, -0.2) is 12.1 Å². The average Bonchev–Trinajstić information content (AvgIpc) is 2.52. The van der Waals surface area contributed by atoms with Crippen molar-refractivity contribution in [1.29, 1.82) is 0 Å². The number of halogens is 2. The molecule has 0 radical (unpaired) electrons. The molecule has 7 heteroatoms. The van der Waals surface area contributed by atoms with E-state index in [1.807, 2.05) is 0 Å². The van der Waals surface area contributed by atoms with E-state index in [0.717, 1.165) is 4.90 Å². The highest BCUT2D eigenvalue weighted by Crippen LogP contribution is 2.29. The maximum atomic E-state index is 11.1. The lowest BCUT2D eigenvalue weighted by Crippen LogP contribution is -2.27. The Labute approximate surface area is 94.3 Å². The third-order valence-corrected chi connectivity index (χ3v) is 2.50. The van der Waals surface area contributed by atoms with Gasteiger partial charge >= 0.3 is 12.1 Å². The van der Waals surface area contributed by atoms with Gasteiger partial charge in [-0.2, -0.15) is 0 Å². The molecule has 0 saturated heterocycles. The van der Waals surface area contributed by atoms with Gasteiger partial charge in [-0.1, -0.05) is 33.4 Å². The monoisotopic (exact) mass is 243 g/mol. The summed E-state index contributed by atoms with van der Waals surface area (Å²) in [4.78, 5) is 23.1. The SMILES string of the molecule is O=C1N=NC(=O)N1c1ccc(Cl)c(Cl)c1. The summed E-state index contributed by atoms with van der Waals surface area (Å²) in [6.45, 7) is 0. The van der Waals surface area contributed by atoms with Crippen molar-refractivity contribution in [2.75, 3.05) is 4.90 Å². The zero-order valence-corrected chi connectivity index (χ0v) is 8.66. The predicted molar refractivity (Wildman–Crippen MR) is 54.6 cm³/mol. The van der Waals surface area contributed by atoms with Crippen molar-refractivity contribution in [3.8, 4) is 0 Å². The van der Waals surface area contributed by atoms with E-state index in [4.69, 9.17) is 23.2 Å². The van der Waals surface area contributed by atoms with Crippen LogP contribution in [0.15, 0.2) is 28.4 Å². The van der Waals surface area contributed by atoms with E-state index in [2.05, 4.69) is 10.2 Å². The summed E-state index contributed by atoms with van der Waals surface area (Å²) in [6.07, 6.45) is 0. The summed E-state index contributed by atoms with van der Waals surface area (Å²) in [5.74, 6) is 0. The van der Waals surface area contributed by atoms with Crippen LogP contribution < -0.4 is 4.90 Å². The van der Waals surface area contributed by atoms with Crippen molar-refractivity contribution in [3.63, 3.8) is 0 Å². The minimum atomic E-state index is -0.738. The topological polar surface area (TPSA) is 62.1 Å². The number of anilines is 1. The molecule has 1 aliphatic rings. The number of amides is 4. The first-order valence-corrected chi connectivity index (χ1v) is 4.60. The molecule has 0 fully saturated rings. The number of rotatable bonds is 1. The molecule has 0 saturated carbocycles. The molecule has 4 amide bonds. The fourth-order valence-corrected chi connectivity index (χ4v) is 1.39. The van der Waals surface area contributed by atoms with Crippen LogP contribution in [0.1, 0.15) is 0 Å². The predicted octanol–water partition coefficient (Wildman–Crippen LogP) is 3.51. The first-order valence-electron chi connectivity index (χ1n) is 3.84. The minimum Gasteiger partial charge on any atom is -0.243 e. The first kappa shape index (κ1) is 10.1. The second-order valence-electron chi connectivity index (χ2n) is 2.70. The summed E-state index contributed by atoms with van der Waals surface area (Å²) in [6, 6.07) is 2.89. The standard InChI is InChI=1S/C8H3Cl2N3O2/c9-5-2-1-4(3-6(5)10)13-7(14)11-12-8(13)15/h1-3H. The van der Waals surface area contributed by atoms with Gasteiger partial charge in [0, 0.05) is 0 Å². The van der Waals surface area contributed by atoms with Crippen LogP contribution in [0.2, 0.25) is 10.0 Å². The second-order valence-corrected chi connectivity index (χ2v) is 3.51. The van der Waals surface area contributed by atoms with Gasteiger partial charge in [0.25, 0.3) is 0 Å². The maximum absolute atomic E-state index is 11.1. The summed E-state index contributed by atoms with van der Waals surface area (Å²) in [5.41, 5.74) is 0.296. The van der Waals surface area contributed by atoms with Crippen molar-refractivity contribution in [2.24, 2.45) is 10.2 Å². The molecule has 1 aromatic carbocycles. The molecular weight excluding hydrogens is 241 g/mol. The second kappa shape index (κ2) is 3.60. The maximum Gasteiger partial charge on any atom is 0.375 e. The molecule has 5 nitrogen and oxygen atoms in total. The number of nitrogens with zero attached hydrogens (tertiary/aromatic N) is 3. The van der Waals surface area contributed by atoms with Crippen molar-refractivity contribution in [3.05, 3.63) is 28.2 Å². The number of hydrogen-bond acceptors (Lipinski definition) is 2. The molecule has 1 aliphatic heterocycles. The van der Waals surface area contributed by atoms with Crippen LogP contribution in [0.25, 0.3) is 0 Å². The van der Waals surface area contributed by atoms with E-state index in [9.17, 15) is 9.59 Å². The molecule has 1 heterocycles. The highest BCUT2D eigenvalue weighted by Gasteiger charge is 2.29. The van der Waals surface area contributed by atoms with E-state index in [0.29, 0.717) is 10.7 Å². The molecule has 0 aliphatic carbocycles. The number of urea groups is 2. The Morgan fingerprint density at radius 3 is 2.13 bits per heavy atom. The van der Waals surface area contributed by atoms with Gasteiger partial charge in [0.05, 0.1) is 15.7 Å². The highest BCUT2D eigenvalue weighted by atomic mass is 35.5. The van der Waals surface area contributed by atoms with Crippen molar-refractivity contribution < 1.29 is 9.59 Å². The summed E-state index contributed by atoms with van der Waals surface area (Å²) in [7, 11) is 0. The van der Waals surface area contributed by atoms with Crippen LogP contribution in [-0.2, 0) is 0 Å². The number of carbonyl (C=O) groups is 2. The third-order valence-electron chi connectivity index (χ3n) is 1.77. The fourth-order valence-electron chi connectivity index (χ4n) is 1.10. The van der Waals surface area contributed by atoms with Crippen molar-refractivity contribution >= 4 is 41.0 Å². The van der Waals surface area contributed by atoms with E-state index < -0.39 is 12.1 Å². The fraction of sp³-hybridized carbons (Fsp3) is 0. The van der Waals surface area contributed by atoms with Gasteiger partial charge in [-0.25, -0.2) is 14.5 Å². The van der Waals surface area contributed by atoms with Crippen LogP contribution >= 0.6 is 23.2 Å². The third kappa shape index (κ3) is 1.71. The molecule has 76 valence electrons. The Balaban J connectivity index is 2.42. The van der Waals surface area contributed by atoms with E-state index in [1.165, 1.54) is 18.2 Å².